The van der Waals surface area contributed by atoms with Crippen molar-refractivity contribution in [1.29, 1.82) is 0 Å². The summed E-state index contributed by atoms with van der Waals surface area (Å²) < 4.78 is 30.8. The number of anilines is 3. The van der Waals surface area contributed by atoms with Gasteiger partial charge in [0.1, 0.15) is 29.3 Å². The molecule has 3 N–H and O–H groups in total. The summed E-state index contributed by atoms with van der Waals surface area (Å²) >= 11 is 5.97. The molecule has 1 aliphatic heterocycles. The van der Waals surface area contributed by atoms with E-state index in [1.807, 2.05) is 0 Å². The molecular weight excluding hydrogens is 617 g/mol. The van der Waals surface area contributed by atoms with Gasteiger partial charge in [-0.2, -0.15) is 0 Å². The van der Waals surface area contributed by atoms with Crippen molar-refractivity contribution >= 4 is 51.6 Å². The number of aliphatic hydroxyl groups is 1. The monoisotopic (exact) mass is 657 g/mol. The second-order valence-corrected chi connectivity index (χ2v) is 12.6. The van der Waals surface area contributed by atoms with Crippen molar-refractivity contribution in [1.82, 2.24) is 14.9 Å². The van der Waals surface area contributed by atoms with Crippen LogP contribution in [0, 0.1) is 11.7 Å². The fourth-order valence-corrected chi connectivity index (χ4v) is 5.03. The number of rotatable bonds is 13. The lowest BCUT2D eigenvalue weighted by Gasteiger charge is -2.25. The van der Waals surface area contributed by atoms with Crippen molar-refractivity contribution in [3.05, 3.63) is 59.7 Å². The lowest BCUT2D eigenvalue weighted by atomic mass is 10.0. The van der Waals surface area contributed by atoms with Gasteiger partial charge in [-0.3, -0.25) is 14.5 Å². The Kier molecular flexibility index (Phi) is 12.3. The molecule has 11 nitrogen and oxygen atoms in total. The molecule has 46 heavy (non-hydrogen) atoms. The van der Waals surface area contributed by atoms with E-state index in [9.17, 15) is 19.1 Å². The number of aromatic nitrogens is 2. The zero-order valence-corrected chi connectivity index (χ0v) is 27.3. The molecule has 0 radical (unpaired) electrons. The van der Waals surface area contributed by atoms with Crippen molar-refractivity contribution in [2.45, 2.75) is 52.2 Å². The van der Waals surface area contributed by atoms with E-state index in [1.54, 1.807) is 50.8 Å². The molecule has 0 bridgehead atoms. The number of hydrogen-bond acceptors (Lipinski definition) is 10. The first kappa shape index (κ1) is 35.0. The molecule has 1 saturated heterocycles. The highest BCUT2D eigenvalue weighted by Gasteiger charge is 2.20. The van der Waals surface area contributed by atoms with Gasteiger partial charge in [0.15, 0.2) is 0 Å². The van der Waals surface area contributed by atoms with Gasteiger partial charge in [0, 0.05) is 49.5 Å². The van der Waals surface area contributed by atoms with E-state index in [-0.39, 0.29) is 24.7 Å². The third kappa shape index (κ3) is 10.9. The number of benzene rings is 2. The smallest absolute Gasteiger partial charge is 0.320 e. The van der Waals surface area contributed by atoms with Gasteiger partial charge < -0.3 is 30.0 Å². The van der Waals surface area contributed by atoms with Crippen LogP contribution in [0.4, 0.5) is 21.6 Å². The van der Waals surface area contributed by atoms with Gasteiger partial charge in [0.25, 0.3) is 0 Å². The molecule has 4 rings (SSSR count). The number of nitrogens with zero attached hydrogens (tertiary/aromatic N) is 3. The van der Waals surface area contributed by atoms with Crippen LogP contribution in [-0.4, -0.2) is 83.0 Å². The van der Waals surface area contributed by atoms with Gasteiger partial charge >= 0.3 is 5.97 Å². The van der Waals surface area contributed by atoms with E-state index in [0.717, 1.165) is 12.8 Å². The number of amides is 1. The largest absolute Gasteiger partial charge is 0.491 e. The van der Waals surface area contributed by atoms with Gasteiger partial charge in [-0.05, 0) is 70.7 Å². The number of fused-ring (bicyclic) bond motifs is 1. The predicted molar refractivity (Wildman–Crippen MR) is 175 cm³/mol. The van der Waals surface area contributed by atoms with Crippen LogP contribution in [0.15, 0.2) is 48.8 Å². The number of carbonyl (C=O) groups excluding carboxylic acids is 2. The number of hydrogen-bond donors (Lipinski definition) is 3. The molecule has 1 aromatic heterocycles. The molecule has 1 amide bonds. The Hall–Kier alpha value is -3.84. The lowest BCUT2D eigenvalue weighted by molar-refractivity contribution is -0.156. The van der Waals surface area contributed by atoms with E-state index in [4.69, 9.17) is 25.8 Å². The molecule has 2 aromatic carbocycles. The Morgan fingerprint density at radius 1 is 1.22 bits per heavy atom. The average molecular weight is 658 g/mol. The van der Waals surface area contributed by atoms with Crippen molar-refractivity contribution in [3.63, 3.8) is 0 Å². The maximum absolute atomic E-state index is 13.7. The summed E-state index contributed by atoms with van der Waals surface area (Å²) in [6, 6.07) is 7.70. The third-order valence-corrected chi connectivity index (χ3v) is 7.21. The minimum absolute atomic E-state index is 0.0370. The van der Waals surface area contributed by atoms with Crippen LogP contribution in [0.3, 0.4) is 0 Å². The fraction of sp³-hybridized carbons (Fsp3) is 0.455. The molecule has 0 unspecified atom stereocenters. The summed E-state index contributed by atoms with van der Waals surface area (Å²) in [5.74, 6) is -0.225. The molecule has 2 heterocycles. The zero-order valence-electron chi connectivity index (χ0n) is 26.5. The van der Waals surface area contributed by atoms with Gasteiger partial charge in [-0.25, -0.2) is 14.4 Å². The zero-order chi connectivity index (χ0) is 33.3. The van der Waals surface area contributed by atoms with Crippen LogP contribution < -0.4 is 15.4 Å². The van der Waals surface area contributed by atoms with E-state index >= 15 is 0 Å². The summed E-state index contributed by atoms with van der Waals surface area (Å²) in [5.41, 5.74) is 0.851. The van der Waals surface area contributed by atoms with Gasteiger partial charge in [-0.15, -0.1) is 0 Å². The maximum Gasteiger partial charge on any atom is 0.320 e. The second kappa shape index (κ2) is 16.1. The van der Waals surface area contributed by atoms with Crippen molar-refractivity contribution in [3.8, 4) is 5.75 Å². The summed E-state index contributed by atoms with van der Waals surface area (Å²) in [6.07, 6.45) is 5.43. The van der Waals surface area contributed by atoms with Crippen LogP contribution in [-0.2, 0) is 19.1 Å². The van der Waals surface area contributed by atoms with Crippen LogP contribution >= 0.6 is 11.6 Å². The molecule has 0 aliphatic carbocycles. The molecule has 1 fully saturated rings. The topological polar surface area (TPSA) is 135 Å². The number of nitrogens with one attached hydrogen (secondary N) is 2. The van der Waals surface area contributed by atoms with Crippen LogP contribution in [0.25, 0.3) is 10.9 Å². The SMILES string of the molecule is C[C@@H](O)CN(CC=CC(=O)Nc1cc2c(Nc3ccc(F)c(Cl)c3)ncnc2cc1OCC1CCOCC1)CC(=O)OC(C)(C)C. The first-order valence-corrected chi connectivity index (χ1v) is 15.5. The number of esters is 1. The van der Waals surface area contributed by atoms with Crippen LogP contribution in [0.5, 0.6) is 5.75 Å². The first-order chi connectivity index (χ1) is 21.9. The first-order valence-electron chi connectivity index (χ1n) is 15.2. The highest BCUT2D eigenvalue weighted by atomic mass is 35.5. The Morgan fingerprint density at radius 3 is 2.67 bits per heavy atom. The summed E-state index contributed by atoms with van der Waals surface area (Å²) in [7, 11) is 0. The minimum atomic E-state index is -0.686. The summed E-state index contributed by atoms with van der Waals surface area (Å²) in [5, 5.41) is 16.5. The van der Waals surface area contributed by atoms with E-state index in [1.165, 1.54) is 30.6 Å². The Labute approximate surface area is 273 Å². The van der Waals surface area contributed by atoms with Crippen LogP contribution in [0.1, 0.15) is 40.5 Å². The summed E-state index contributed by atoms with van der Waals surface area (Å²) in [6.45, 7) is 9.17. The Morgan fingerprint density at radius 2 is 1.98 bits per heavy atom. The Balaban J connectivity index is 1.55. The molecule has 1 atom stereocenters. The molecule has 0 spiro atoms. The highest BCUT2D eigenvalue weighted by Crippen LogP contribution is 2.34. The maximum atomic E-state index is 13.7. The second-order valence-electron chi connectivity index (χ2n) is 12.2. The van der Waals surface area contributed by atoms with Crippen molar-refractivity contribution < 1.29 is 33.3 Å². The fourth-order valence-electron chi connectivity index (χ4n) is 4.85. The van der Waals surface area contributed by atoms with Gasteiger partial charge in [0.05, 0.1) is 35.5 Å². The predicted octanol–water partition coefficient (Wildman–Crippen LogP) is 5.49. The molecule has 248 valence electrons. The number of halogens is 2. The van der Waals surface area contributed by atoms with Crippen molar-refractivity contribution in [2.24, 2.45) is 5.92 Å². The summed E-state index contributed by atoms with van der Waals surface area (Å²) in [4.78, 5) is 36.0. The lowest BCUT2D eigenvalue weighted by Crippen LogP contribution is -2.38. The molecule has 13 heteroatoms. The Bertz CT molecular complexity index is 1540. The van der Waals surface area contributed by atoms with E-state index < -0.39 is 29.4 Å². The standard InChI is InChI=1S/C33H41ClFN5O6/c1-21(41)17-40(18-31(43)46-33(2,3)4)11-5-6-30(42)39-28-15-24-27(16-29(28)45-19-22-9-12-44-13-10-22)36-20-37-32(24)38-23-7-8-26(35)25(34)14-23/h5-8,14-16,20-22,41H,9-13,17-19H2,1-4H3,(H,39,42)(H,36,37,38)/t21-/m1/s1. The number of carbonyl (C=O) groups is 2. The molecule has 3 aromatic rings. The van der Waals surface area contributed by atoms with Gasteiger partial charge in [0.2, 0.25) is 5.91 Å². The molecular formula is C33H41ClFN5O6. The number of aliphatic hydroxyl groups excluding tert-OH is 1. The molecule has 0 saturated carbocycles. The van der Waals surface area contributed by atoms with Gasteiger partial charge in [-0.1, -0.05) is 17.7 Å². The normalized spacial score (nSPS) is 14.9. The van der Waals surface area contributed by atoms with Crippen molar-refractivity contribution in [2.75, 3.05) is 50.1 Å². The quantitative estimate of drug-likeness (QED) is 0.160. The van der Waals surface area contributed by atoms with E-state index in [2.05, 4.69) is 20.6 Å². The number of ether oxygens (including phenoxy) is 3. The minimum Gasteiger partial charge on any atom is -0.491 e. The highest BCUT2D eigenvalue weighted by molar-refractivity contribution is 6.31. The molecule has 1 aliphatic rings. The average Bonchev–Trinajstić information content (AvgIpc) is 2.97. The third-order valence-electron chi connectivity index (χ3n) is 6.92. The van der Waals surface area contributed by atoms with Crippen LogP contribution in [0.2, 0.25) is 5.02 Å². The van der Waals surface area contributed by atoms with E-state index in [0.29, 0.717) is 59.6 Å².